The summed E-state index contributed by atoms with van der Waals surface area (Å²) in [4.78, 5) is 0. The van der Waals surface area contributed by atoms with Gasteiger partial charge in [-0.05, 0) is 25.1 Å². The van der Waals surface area contributed by atoms with E-state index in [0.29, 0.717) is 0 Å². The lowest BCUT2D eigenvalue weighted by Crippen LogP contribution is -2.23. The molecule has 1 unspecified atom stereocenters. The molecule has 6 nitrogen and oxygen atoms in total. The van der Waals surface area contributed by atoms with E-state index in [1.165, 1.54) is 0 Å². The fraction of sp³-hybridized carbons (Fsp3) is 0.385. The smallest absolute Gasteiger partial charge is 0.120 e. The predicted molar refractivity (Wildman–Crippen MR) is 71.1 cm³/mol. The molecular weight excluding hydrogens is 244 g/mol. The third-order valence-corrected chi connectivity index (χ3v) is 2.96. The van der Waals surface area contributed by atoms with Gasteiger partial charge in [0.05, 0.1) is 19.9 Å². The van der Waals surface area contributed by atoms with E-state index in [9.17, 15) is 5.11 Å². The molecule has 0 aliphatic heterocycles. The molecule has 0 radical (unpaired) electrons. The number of benzene rings is 1. The van der Waals surface area contributed by atoms with Crippen molar-refractivity contribution in [3.05, 3.63) is 36.2 Å². The van der Waals surface area contributed by atoms with Gasteiger partial charge in [-0.2, -0.15) is 0 Å². The Morgan fingerprint density at radius 2 is 2.32 bits per heavy atom. The van der Waals surface area contributed by atoms with Crippen molar-refractivity contribution in [1.29, 1.82) is 0 Å². The summed E-state index contributed by atoms with van der Waals surface area (Å²) in [6.45, 7) is 3.46. The number of hydrogen-bond donors (Lipinski definition) is 2. The van der Waals surface area contributed by atoms with Gasteiger partial charge in [-0.25, -0.2) is 0 Å². The lowest BCUT2D eigenvalue weighted by Gasteiger charge is -2.16. The molecule has 102 valence electrons. The number of aromatic nitrogens is 3. The van der Waals surface area contributed by atoms with Crippen molar-refractivity contribution in [2.45, 2.75) is 19.5 Å². The molecule has 2 rings (SSSR count). The lowest BCUT2D eigenvalue weighted by molar-refractivity contribution is 0.406. The first-order valence-electron chi connectivity index (χ1n) is 6.15. The summed E-state index contributed by atoms with van der Waals surface area (Å²) in [5.41, 5.74) is 0.818. The third kappa shape index (κ3) is 3.45. The van der Waals surface area contributed by atoms with Gasteiger partial charge in [-0.1, -0.05) is 5.21 Å². The van der Waals surface area contributed by atoms with E-state index in [1.54, 1.807) is 30.1 Å². The molecule has 0 fully saturated rings. The van der Waals surface area contributed by atoms with Crippen molar-refractivity contribution in [2.75, 3.05) is 13.7 Å². The van der Waals surface area contributed by atoms with Gasteiger partial charge in [0.1, 0.15) is 11.5 Å². The largest absolute Gasteiger partial charge is 0.508 e. The molecule has 6 heteroatoms. The molecule has 0 saturated carbocycles. The van der Waals surface area contributed by atoms with Gasteiger partial charge < -0.3 is 15.2 Å². The number of methoxy groups -OCH3 is 1. The average Bonchev–Trinajstić information content (AvgIpc) is 2.92. The van der Waals surface area contributed by atoms with Gasteiger partial charge in [0.25, 0.3) is 0 Å². The molecule has 0 spiro atoms. The van der Waals surface area contributed by atoms with Crippen molar-refractivity contribution in [1.82, 2.24) is 20.3 Å². The first-order chi connectivity index (χ1) is 9.20. The molecule has 2 aromatic rings. The standard InChI is InChI=1S/C13H18N4O2/c1-10(14-5-7-17-8-6-15-16-17)12-9-11(19-2)3-4-13(12)18/h3-4,6,8-10,14,18H,5,7H2,1-2H3. The topological polar surface area (TPSA) is 72.2 Å². The van der Waals surface area contributed by atoms with Gasteiger partial charge in [0.15, 0.2) is 0 Å². The second-order valence-electron chi connectivity index (χ2n) is 4.27. The molecule has 1 atom stereocenters. The van der Waals surface area contributed by atoms with Gasteiger partial charge in [-0.3, -0.25) is 4.68 Å². The Labute approximate surface area is 112 Å². The highest BCUT2D eigenvalue weighted by atomic mass is 16.5. The highest BCUT2D eigenvalue weighted by Gasteiger charge is 2.11. The Balaban J connectivity index is 1.93. The van der Waals surface area contributed by atoms with Crippen LogP contribution in [0.25, 0.3) is 0 Å². The van der Waals surface area contributed by atoms with E-state index in [-0.39, 0.29) is 11.8 Å². The molecule has 19 heavy (non-hydrogen) atoms. The van der Waals surface area contributed by atoms with Crippen LogP contribution >= 0.6 is 0 Å². The Kier molecular flexibility index (Phi) is 4.35. The molecule has 0 bridgehead atoms. The normalized spacial score (nSPS) is 12.3. The number of hydrogen-bond acceptors (Lipinski definition) is 5. The Morgan fingerprint density at radius 3 is 3.00 bits per heavy atom. The fourth-order valence-electron chi connectivity index (χ4n) is 1.86. The zero-order chi connectivity index (χ0) is 13.7. The van der Waals surface area contributed by atoms with E-state index in [4.69, 9.17) is 4.74 Å². The van der Waals surface area contributed by atoms with E-state index in [0.717, 1.165) is 24.4 Å². The maximum Gasteiger partial charge on any atom is 0.120 e. The minimum atomic E-state index is 0.0265. The van der Waals surface area contributed by atoms with E-state index in [2.05, 4.69) is 15.6 Å². The Morgan fingerprint density at radius 1 is 1.47 bits per heavy atom. The Hall–Kier alpha value is -2.08. The molecule has 0 amide bonds. The summed E-state index contributed by atoms with van der Waals surface area (Å²) in [5.74, 6) is 0.999. The molecule has 2 N–H and O–H groups in total. The van der Waals surface area contributed by atoms with E-state index < -0.39 is 0 Å². The summed E-state index contributed by atoms with van der Waals surface area (Å²) < 4.78 is 6.92. The van der Waals surface area contributed by atoms with Crippen LogP contribution in [0.4, 0.5) is 0 Å². The zero-order valence-corrected chi connectivity index (χ0v) is 11.1. The monoisotopic (exact) mass is 262 g/mol. The van der Waals surface area contributed by atoms with Crippen LogP contribution < -0.4 is 10.1 Å². The van der Waals surface area contributed by atoms with E-state index >= 15 is 0 Å². The van der Waals surface area contributed by atoms with Crippen LogP contribution in [0.15, 0.2) is 30.6 Å². The number of nitrogens with one attached hydrogen (secondary N) is 1. The first-order valence-corrected chi connectivity index (χ1v) is 6.15. The number of phenols is 1. The maximum absolute atomic E-state index is 9.86. The van der Waals surface area contributed by atoms with Crippen LogP contribution in [-0.2, 0) is 6.54 Å². The Bertz CT molecular complexity index is 513. The predicted octanol–water partition coefficient (Wildman–Crippen LogP) is 1.34. The van der Waals surface area contributed by atoms with Crippen molar-refractivity contribution >= 4 is 0 Å². The highest BCUT2D eigenvalue weighted by Crippen LogP contribution is 2.28. The van der Waals surface area contributed by atoms with Gasteiger partial charge in [-0.15, -0.1) is 5.10 Å². The van der Waals surface area contributed by atoms with Crippen molar-refractivity contribution in [2.24, 2.45) is 0 Å². The second-order valence-corrected chi connectivity index (χ2v) is 4.27. The summed E-state index contributed by atoms with van der Waals surface area (Å²) in [6.07, 6.45) is 3.46. The van der Waals surface area contributed by atoms with Crippen LogP contribution in [0.5, 0.6) is 11.5 Å². The third-order valence-electron chi connectivity index (χ3n) is 2.96. The summed E-state index contributed by atoms with van der Waals surface area (Å²) >= 11 is 0. The molecule has 1 heterocycles. The van der Waals surface area contributed by atoms with Crippen LogP contribution in [0, 0.1) is 0 Å². The van der Waals surface area contributed by atoms with Gasteiger partial charge in [0.2, 0.25) is 0 Å². The number of phenolic OH excluding ortho intramolecular Hbond substituents is 1. The van der Waals surface area contributed by atoms with Crippen LogP contribution in [0.3, 0.4) is 0 Å². The highest BCUT2D eigenvalue weighted by molar-refractivity contribution is 5.41. The maximum atomic E-state index is 9.86. The summed E-state index contributed by atoms with van der Waals surface area (Å²) in [6, 6.07) is 5.24. The number of nitrogens with zero attached hydrogens (tertiary/aromatic N) is 3. The first kappa shape index (κ1) is 13.4. The minimum absolute atomic E-state index is 0.0265. The molecular formula is C13H18N4O2. The lowest BCUT2D eigenvalue weighted by atomic mass is 10.1. The number of rotatable bonds is 6. The quantitative estimate of drug-likeness (QED) is 0.822. The van der Waals surface area contributed by atoms with Crippen LogP contribution in [0.2, 0.25) is 0 Å². The van der Waals surface area contributed by atoms with Crippen molar-refractivity contribution in [3.63, 3.8) is 0 Å². The van der Waals surface area contributed by atoms with E-state index in [1.807, 2.05) is 19.2 Å². The van der Waals surface area contributed by atoms with Crippen LogP contribution in [-0.4, -0.2) is 33.8 Å². The van der Waals surface area contributed by atoms with Crippen molar-refractivity contribution < 1.29 is 9.84 Å². The van der Waals surface area contributed by atoms with Crippen LogP contribution in [0.1, 0.15) is 18.5 Å². The summed E-state index contributed by atoms with van der Waals surface area (Å²) in [7, 11) is 1.61. The number of aromatic hydroxyl groups is 1. The van der Waals surface area contributed by atoms with Gasteiger partial charge >= 0.3 is 0 Å². The SMILES string of the molecule is COc1ccc(O)c(C(C)NCCn2ccnn2)c1. The van der Waals surface area contributed by atoms with Crippen molar-refractivity contribution in [3.8, 4) is 11.5 Å². The molecule has 1 aromatic carbocycles. The molecule has 1 aromatic heterocycles. The second kappa shape index (κ2) is 6.19. The van der Waals surface area contributed by atoms with Gasteiger partial charge in [0, 0.05) is 24.3 Å². The summed E-state index contributed by atoms with van der Waals surface area (Å²) in [5, 5.41) is 20.8. The zero-order valence-electron chi connectivity index (χ0n) is 11.1. The molecule has 0 aliphatic rings. The molecule has 0 aliphatic carbocycles. The fourth-order valence-corrected chi connectivity index (χ4v) is 1.86. The average molecular weight is 262 g/mol. The minimum Gasteiger partial charge on any atom is -0.508 e. The molecule has 0 saturated heterocycles. The number of ether oxygens (including phenoxy) is 1.